The number of aromatic carboxylic acids is 1. The van der Waals surface area contributed by atoms with E-state index < -0.39 is 5.97 Å². The van der Waals surface area contributed by atoms with Crippen LogP contribution in [0.5, 0.6) is 0 Å². The van der Waals surface area contributed by atoms with Gasteiger partial charge in [-0.1, -0.05) is 12.1 Å². The lowest BCUT2D eigenvalue weighted by atomic mass is 10.1. The summed E-state index contributed by atoms with van der Waals surface area (Å²) in [5.74, 6) is -1.05. The summed E-state index contributed by atoms with van der Waals surface area (Å²) in [6, 6.07) is 9.29. The number of nitrogens with one attached hydrogen (secondary N) is 1. The van der Waals surface area contributed by atoms with Crippen LogP contribution in [-0.4, -0.2) is 21.0 Å². The van der Waals surface area contributed by atoms with E-state index in [4.69, 9.17) is 10.4 Å². The molecule has 1 aromatic heterocycles. The van der Waals surface area contributed by atoms with Gasteiger partial charge in [-0.15, -0.1) is 0 Å². The molecule has 0 saturated carbocycles. The van der Waals surface area contributed by atoms with E-state index in [1.54, 1.807) is 12.1 Å². The summed E-state index contributed by atoms with van der Waals surface area (Å²) in [5.41, 5.74) is 2.07. The van der Waals surface area contributed by atoms with Gasteiger partial charge in [-0.05, 0) is 17.7 Å². The van der Waals surface area contributed by atoms with Crippen LogP contribution in [0.15, 0.2) is 36.8 Å². The van der Waals surface area contributed by atoms with Gasteiger partial charge >= 0.3 is 5.97 Å². The molecule has 6 heteroatoms. The lowest BCUT2D eigenvalue weighted by Crippen LogP contribution is -2.17. The van der Waals surface area contributed by atoms with Gasteiger partial charge in [-0.2, -0.15) is 5.26 Å². The molecule has 0 radical (unpaired) electrons. The van der Waals surface area contributed by atoms with Crippen molar-refractivity contribution in [3.63, 3.8) is 0 Å². The fourth-order valence-corrected chi connectivity index (χ4v) is 1.75. The minimum absolute atomic E-state index is 0.0887. The van der Waals surface area contributed by atoms with Gasteiger partial charge in [0, 0.05) is 19.3 Å². The second-order valence-electron chi connectivity index (χ2n) is 4.10. The normalized spacial score (nSPS) is 9.95. The number of hydrogen-bond donors (Lipinski definition) is 2. The number of hydrogen-bond acceptors (Lipinski definition) is 5. The highest BCUT2D eigenvalue weighted by molar-refractivity contribution is 5.88. The molecule has 1 aromatic carbocycles. The Hall–Kier alpha value is -2.78. The van der Waals surface area contributed by atoms with Crippen LogP contribution in [0.1, 0.15) is 27.2 Å². The van der Waals surface area contributed by atoms with Crippen LogP contribution in [0.2, 0.25) is 0 Å². The molecule has 0 spiro atoms. The van der Waals surface area contributed by atoms with Gasteiger partial charge < -0.3 is 10.4 Å². The summed E-state index contributed by atoms with van der Waals surface area (Å²) < 4.78 is 0. The SMILES string of the molecule is N#Cc1cccc(CNCc2ncncc2C(=O)O)c1. The van der Waals surface area contributed by atoms with Crippen LogP contribution in [0, 0.1) is 11.3 Å². The molecular formula is C14H12N4O2. The summed E-state index contributed by atoms with van der Waals surface area (Å²) in [6.45, 7) is 0.847. The standard InChI is InChI=1S/C14H12N4O2/c15-5-10-2-1-3-11(4-10)6-16-8-13-12(14(19)20)7-17-9-18-13/h1-4,7,9,16H,6,8H2,(H,19,20). The maximum Gasteiger partial charge on any atom is 0.339 e. The first-order chi connectivity index (χ1) is 9.70. The molecule has 100 valence electrons. The van der Waals surface area contributed by atoms with Crippen LogP contribution in [0.25, 0.3) is 0 Å². The summed E-state index contributed by atoms with van der Waals surface area (Å²) in [6.07, 6.45) is 2.60. The zero-order chi connectivity index (χ0) is 14.4. The number of benzene rings is 1. The lowest BCUT2D eigenvalue weighted by molar-refractivity contribution is 0.0694. The lowest BCUT2D eigenvalue weighted by Gasteiger charge is -2.06. The third-order valence-corrected chi connectivity index (χ3v) is 2.70. The van der Waals surface area contributed by atoms with E-state index in [1.165, 1.54) is 12.5 Å². The first-order valence-corrected chi connectivity index (χ1v) is 5.92. The fraction of sp³-hybridized carbons (Fsp3) is 0.143. The predicted molar refractivity (Wildman–Crippen MR) is 70.7 cm³/mol. The van der Waals surface area contributed by atoms with E-state index in [2.05, 4.69) is 21.4 Å². The quantitative estimate of drug-likeness (QED) is 0.848. The number of carbonyl (C=O) groups is 1. The molecular weight excluding hydrogens is 256 g/mol. The van der Waals surface area contributed by atoms with Crippen LogP contribution in [0.3, 0.4) is 0 Å². The van der Waals surface area contributed by atoms with E-state index in [-0.39, 0.29) is 5.56 Å². The highest BCUT2D eigenvalue weighted by Crippen LogP contribution is 2.06. The molecule has 0 bridgehead atoms. The molecule has 0 fully saturated rings. The van der Waals surface area contributed by atoms with E-state index in [0.29, 0.717) is 24.3 Å². The van der Waals surface area contributed by atoms with Crippen LogP contribution in [-0.2, 0) is 13.1 Å². The molecule has 2 aromatic rings. The highest BCUT2D eigenvalue weighted by Gasteiger charge is 2.10. The van der Waals surface area contributed by atoms with Crippen molar-refractivity contribution in [3.05, 3.63) is 59.2 Å². The molecule has 0 aliphatic carbocycles. The predicted octanol–water partition coefficient (Wildman–Crippen LogP) is 1.34. The van der Waals surface area contributed by atoms with Gasteiger partial charge in [0.1, 0.15) is 11.9 Å². The Bertz CT molecular complexity index is 664. The first kappa shape index (κ1) is 13.6. The number of carboxylic acid groups (broad SMARTS) is 1. The molecule has 0 unspecified atom stereocenters. The molecule has 0 saturated heterocycles. The number of nitrogens with zero attached hydrogens (tertiary/aromatic N) is 3. The average molecular weight is 268 g/mol. The summed E-state index contributed by atoms with van der Waals surface area (Å²) >= 11 is 0. The summed E-state index contributed by atoms with van der Waals surface area (Å²) in [7, 11) is 0. The van der Waals surface area contributed by atoms with Gasteiger partial charge in [0.25, 0.3) is 0 Å². The molecule has 20 heavy (non-hydrogen) atoms. The Labute approximate surface area is 115 Å². The van der Waals surface area contributed by atoms with E-state index in [9.17, 15) is 4.79 Å². The molecule has 6 nitrogen and oxygen atoms in total. The van der Waals surface area contributed by atoms with Gasteiger partial charge in [0.05, 0.1) is 17.3 Å². The number of rotatable bonds is 5. The zero-order valence-corrected chi connectivity index (χ0v) is 10.6. The first-order valence-electron chi connectivity index (χ1n) is 5.92. The minimum atomic E-state index is -1.05. The molecule has 2 N–H and O–H groups in total. The molecule has 0 atom stereocenters. The Kier molecular flexibility index (Phi) is 4.37. The zero-order valence-electron chi connectivity index (χ0n) is 10.6. The van der Waals surface area contributed by atoms with Crippen molar-refractivity contribution >= 4 is 5.97 Å². The van der Waals surface area contributed by atoms with Crippen molar-refractivity contribution in [2.45, 2.75) is 13.1 Å². The Morgan fingerprint density at radius 2 is 2.25 bits per heavy atom. The van der Waals surface area contributed by atoms with Crippen molar-refractivity contribution in [2.24, 2.45) is 0 Å². The van der Waals surface area contributed by atoms with Gasteiger partial charge in [-0.3, -0.25) is 0 Å². The van der Waals surface area contributed by atoms with Crippen molar-refractivity contribution < 1.29 is 9.90 Å². The van der Waals surface area contributed by atoms with Crippen molar-refractivity contribution in [3.8, 4) is 6.07 Å². The smallest absolute Gasteiger partial charge is 0.339 e. The Morgan fingerprint density at radius 1 is 1.40 bits per heavy atom. The topological polar surface area (TPSA) is 98.9 Å². The fourth-order valence-electron chi connectivity index (χ4n) is 1.75. The van der Waals surface area contributed by atoms with Crippen LogP contribution >= 0.6 is 0 Å². The number of aromatic nitrogens is 2. The number of carboxylic acids is 1. The largest absolute Gasteiger partial charge is 0.478 e. The van der Waals surface area contributed by atoms with Crippen molar-refractivity contribution in [2.75, 3.05) is 0 Å². The summed E-state index contributed by atoms with van der Waals surface area (Å²) in [4.78, 5) is 18.7. The van der Waals surface area contributed by atoms with Gasteiger partial charge in [0.15, 0.2) is 0 Å². The van der Waals surface area contributed by atoms with Gasteiger partial charge in [-0.25, -0.2) is 14.8 Å². The average Bonchev–Trinajstić information content (AvgIpc) is 2.48. The summed E-state index contributed by atoms with van der Waals surface area (Å²) in [5, 5.41) is 20.9. The van der Waals surface area contributed by atoms with Gasteiger partial charge in [0.2, 0.25) is 0 Å². The third-order valence-electron chi connectivity index (χ3n) is 2.70. The Morgan fingerprint density at radius 3 is 3.00 bits per heavy atom. The second-order valence-corrected chi connectivity index (χ2v) is 4.10. The molecule has 0 aliphatic heterocycles. The third kappa shape index (κ3) is 3.37. The molecule has 2 rings (SSSR count). The maximum absolute atomic E-state index is 11.0. The van der Waals surface area contributed by atoms with Crippen LogP contribution < -0.4 is 5.32 Å². The Balaban J connectivity index is 2.00. The van der Waals surface area contributed by atoms with E-state index in [0.717, 1.165) is 5.56 Å². The number of nitriles is 1. The van der Waals surface area contributed by atoms with Crippen molar-refractivity contribution in [1.82, 2.24) is 15.3 Å². The maximum atomic E-state index is 11.0. The monoisotopic (exact) mass is 268 g/mol. The highest BCUT2D eigenvalue weighted by atomic mass is 16.4. The van der Waals surface area contributed by atoms with Crippen LogP contribution in [0.4, 0.5) is 0 Å². The minimum Gasteiger partial charge on any atom is -0.478 e. The molecule has 0 amide bonds. The second kappa shape index (κ2) is 6.41. The van der Waals surface area contributed by atoms with E-state index in [1.807, 2.05) is 12.1 Å². The van der Waals surface area contributed by atoms with E-state index >= 15 is 0 Å². The molecule has 0 aliphatic rings. The van der Waals surface area contributed by atoms with Crippen molar-refractivity contribution in [1.29, 1.82) is 5.26 Å². The molecule has 1 heterocycles.